The van der Waals surface area contributed by atoms with E-state index in [-0.39, 0.29) is 5.43 Å². The standard InChI is InChI=1S/C9H5ClINO/c10-6-3-5(11)4-7-9(6)8(13)1-2-12-7/h1-4H,(H,12,13). The molecule has 0 unspecified atom stereocenters. The molecule has 1 N–H and O–H groups in total. The molecule has 0 bridgehead atoms. The molecule has 0 atom stereocenters. The summed E-state index contributed by atoms with van der Waals surface area (Å²) in [6.07, 6.45) is 1.62. The summed E-state index contributed by atoms with van der Waals surface area (Å²) in [6, 6.07) is 5.14. The number of benzene rings is 1. The van der Waals surface area contributed by atoms with Gasteiger partial charge in [-0.15, -0.1) is 0 Å². The summed E-state index contributed by atoms with van der Waals surface area (Å²) < 4.78 is 1.01. The molecule has 0 aliphatic carbocycles. The summed E-state index contributed by atoms with van der Waals surface area (Å²) in [4.78, 5) is 14.4. The molecule has 1 aromatic carbocycles. The van der Waals surface area contributed by atoms with Gasteiger partial charge in [0.2, 0.25) is 0 Å². The van der Waals surface area contributed by atoms with Crippen molar-refractivity contribution in [3.8, 4) is 0 Å². The molecule has 2 rings (SSSR count). The zero-order valence-corrected chi connectivity index (χ0v) is 9.39. The van der Waals surface area contributed by atoms with Crippen molar-refractivity contribution in [2.45, 2.75) is 0 Å². The van der Waals surface area contributed by atoms with E-state index in [1.54, 1.807) is 12.3 Å². The lowest BCUT2D eigenvalue weighted by molar-refractivity contribution is 1.39. The van der Waals surface area contributed by atoms with E-state index in [2.05, 4.69) is 27.6 Å². The number of pyridine rings is 1. The maximum Gasteiger partial charge on any atom is 0.190 e. The molecular formula is C9H5ClINO. The zero-order chi connectivity index (χ0) is 9.42. The highest BCUT2D eigenvalue weighted by molar-refractivity contribution is 14.1. The summed E-state index contributed by atoms with van der Waals surface area (Å²) in [5.74, 6) is 0. The van der Waals surface area contributed by atoms with Crippen molar-refractivity contribution in [2.24, 2.45) is 0 Å². The fraction of sp³-hybridized carbons (Fsp3) is 0. The van der Waals surface area contributed by atoms with Crippen LogP contribution in [0.2, 0.25) is 5.02 Å². The van der Waals surface area contributed by atoms with Gasteiger partial charge in [0.15, 0.2) is 5.43 Å². The Balaban J connectivity index is 3.03. The lowest BCUT2D eigenvalue weighted by atomic mass is 10.2. The SMILES string of the molecule is O=c1cc[nH]c2cc(I)cc(Cl)c12. The minimum atomic E-state index is -0.0462. The van der Waals surface area contributed by atoms with Crippen LogP contribution in [0.5, 0.6) is 0 Å². The average molecular weight is 306 g/mol. The Morgan fingerprint density at radius 2 is 2.15 bits per heavy atom. The lowest BCUT2D eigenvalue weighted by Gasteiger charge is -1.99. The summed E-state index contributed by atoms with van der Waals surface area (Å²) in [5.41, 5.74) is 0.736. The molecule has 1 aromatic heterocycles. The van der Waals surface area contributed by atoms with Gasteiger partial charge < -0.3 is 4.98 Å². The van der Waals surface area contributed by atoms with Crippen molar-refractivity contribution in [3.05, 3.63) is 43.2 Å². The largest absolute Gasteiger partial charge is 0.361 e. The second-order valence-corrected chi connectivity index (χ2v) is 4.30. The van der Waals surface area contributed by atoms with Crippen LogP contribution in [-0.2, 0) is 0 Å². The molecule has 13 heavy (non-hydrogen) atoms. The van der Waals surface area contributed by atoms with Crippen LogP contribution in [0.1, 0.15) is 0 Å². The van der Waals surface area contributed by atoms with Gasteiger partial charge in [-0.05, 0) is 34.7 Å². The topological polar surface area (TPSA) is 32.9 Å². The van der Waals surface area contributed by atoms with Crippen LogP contribution in [0.25, 0.3) is 10.9 Å². The molecule has 0 aliphatic heterocycles. The highest BCUT2D eigenvalue weighted by Crippen LogP contribution is 2.21. The molecule has 66 valence electrons. The molecule has 2 aromatic rings. The Hall–Kier alpha value is -0.550. The Bertz CT molecular complexity index is 520. The third-order valence-corrected chi connectivity index (χ3v) is 2.70. The normalized spacial score (nSPS) is 10.6. The maximum atomic E-state index is 11.4. The third kappa shape index (κ3) is 1.58. The van der Waals surface area contributed by atoms with Gasteiger partial charge >= 0.3 is 0 Å². The molecule has 1 heterocycles. The summed E-state index contributed by atoms with van der Waals surface area (Å²) in [7, 11) is 0. The zero-order valence-electron chi connectivity index (χ0n) is 6.47. The van der Waals surface area contributed by atoms with Gasteiger partial charge in [-0.2, -0.15) is 0 Å². The Kier molecular flexibility index (Phi) is 2.29. The van der Waals surface area contributed by atoms with Gasteiger partial charge in [-0.1, -0.05) is 11.6 Å². The van der Waals surface area contributed by atoms with E-state index in [1.165, 1.54) is 6.07 Å². The monoisotopic (exact) mass is 305 g/mol. The molecule has 0 fully saturated rings. The first-order valence-corrected chi connectivity index (χ1v) is 5.10. The predicted octanol–water partition coefficient (Wildman–Crippen LogP) is 2.79. The van der Waals surface area contributed by atoms with E-state index in [9.17, 15) is 4.79 Å². The van der Waals surface area contributed by atoms with E-state index >= 15 is 0 Å². The van der Waals surface area contributed by atoms with Crippen molar-refractivity contribution in [1.29, 1.82) is 0 Å². The number of hydrogen-bond donors (Lipinski definition) is 1. The van der Waals surface area contributed by atoms with E-state index in [0.717, 1.165) is 9.09 Å². The quantitative estimate of drug-likeness (QED) is 0.746. The van der Waals surface area contributed by atoms with Crippen molar-refractivity contribution in [2.75, 3.05) is 0 Å². The molecule has 0 saturated heterocycles. The minimum Gasteiger partial charge on any atom is -0.361 e. The first-order chi connectivity index (χ1) is 6.18. The summed E-state index contributed by atoms with van der Waals surface area (Å²) in [5, 5.41) is 1.06. The fourth-order valence-electron chi connectivity index (χ4n) is 1.23. The number of aromatic nitrogens is 1. The van der Waals surface area contributed by atoms with Gasteiger partial charge in [-0.25, -0.2) is 0 Å². The van der Waals surface area contributed by atoms with E-state index in [1.807, 2.05) is 6.07 Å². The van der Waals surface area contributed by atoms with Gasteiger partial charge in [0, 0.05) is 15.8 Å². The summed E-state index contributed by atoms with van der Waals surface area (Å²) in [6.45, 7) is 0. The van der Waals surface area contributed by atoms with Crippen LogP contribution >= 0.6 is 34.2 Å². The Morgan fingerprint density at radius 3 is 2.92 bits per heavy atom. The highest BCUT2D eigenvalue weighted by atomic mass is 127. The maximum absolute atomic E-state index is 11.4. The lowest BCUT2D eigenvalue weighted by Crippen LogP contribution is -2.00. The first-order valence-electron chi connectivity index (χ1n) is 3.65. The molecule has 0 amide bonds. The fourth-order valence-corrected chi connectivity index (χ4v) is 2.35. The molecular weight excluding hydrogens is 300 g/mol. The Labute approximate surface area is 93.1 Å². The van der Waals surface area contributed by atoms with E-state index < -0.39 is 0 Å². The van der Waals surface area contributed by atoms with Crippen molar-refractivity contribution in [1.82, 2.24) is 4.98 Å². The molecule has 2 nitrogen and oxygen atoms in total. The number of halogens is 2. The van der Waals surface area contributed by atoms with Crippen LogP contribution in [-0.4, -0.2) is 4.98 Å². The number of H-pyrrole nitrogens is 1. The molecule has 0 spiro atoms. The highest BCUT2D eigenvalue weighted by Gasteiger charge is 2.03. The molecule has 0 aliphatic rings. The third-order valence-electron chi connectivity index (χ3n) is 1.77. The predicted molar refractivity (Wildman–Crippen MR) is 62.3 cm³/mol. The van der Waals surface area contributed by atoms with Crippen LogP contribution < -0.4 is 5.43 Å². The number of rotatable bonds is 0. The molecule has 0 saturated carbocycles. The van der Waals surface area contributed by atoms with Gasteiger partial charge in [-0.3, -0.25) is 4.79 Å². The van der Waals surface area contributed by atoms with E-state index in [0.29, 0.717) is 10.4 Å². The van der Waals surface area contributed by atoms with Crippen molar-refractivity contribution >= 4 is 45.1 Å². The Morgan fingerprint density at radius 1 is 1.38 bits per heavy atom. The van der Waals surface area contributed by atoms with Gasteiger partial charge in [0.1, 0.15) is 0 Å². The second kappa shape index (κ2) is 3.31. The van der Waals surface area contributed by atoms with Gasteiger partial charge in [0.25, 0.3) is 0 Å². The number of aromatic amines is 1. The van der Waals surface area contributed by atoms with Crippen molar-refractivity contribution in [3.63, 3.8) is 0 Å². The van der Waals surface area contributed by atoms with Crippen molar-refractivity contribution < 1.29 is 0 Å². The minimum absolute atomic E-state index is 0.0462. The van der Waals surface area contributed by atoms with E-state index in [4.69, 9.17) is 11.6 Å². The van der Waals surface area contributed by atoms with Gasteiger partial charge in [0.05, 0.1) is 15.9 Å². The number of nitrogens with one attached hydrogen (secondary N) is 1. The number of hydrogen-bond acceptors (Lipinski definition) is 1. The second-order valence-electron chi connectivity index (χ2n) is 2.65. The molecule has 4 heteroatoms. The number of fused-ring (bicyclic) bond motifs is 1. The average Bonchev–Trinajstić information content (AvgIpc) is 2.02. The smallest absolute Gasteiger partial charge is 0.190 e. The van der Waals surface area contributed by atoms with Crippen LogP contribution in [0, 0.1) is 3.57 Å². The molecule has 0 radical (unpaired) electrons. The van der Waals surface area contributed by atoms with Crippen LogP contribution in [0.4, 0.5) is 0 Å². The van der Waals surface area contributed by atoms with Crippen LogP contribution in [0.3, 0.4) is 0 Å². The van der Waals surface area contributed by atoms with Crippen LogP contribution in [0.15, 0.2) is 29.2 Å². The first kappa shape index (κ1) is 9.02. The summed E-state index contributed by atoms with van der Waals surface area (Å²) >= 11 is 8.10.